The van der Waals surface area contributed by atoms with Crippen molar-refractivity contribution in [3.05, 3.63) is 29.8 Å². The number of benzene rings is 1. The third kappa shape index (κ3) is 2.86. The molecule has 1 aromatic rings. The number of nitrogens with zero attached hydrogens (tertiary/aromatic N) is 1. The summed E-state index contributed by atoms with van der Waals surface area (Å²) in [5.41, 5.74) is -0.334. The van der Waals surface area contributed by atoms with Crippen molar-refractivity contribution < 1.29 is 13.2 Å². The first-order chi connectivity index (χ1) is 9.25. The Morgan fingerprint density at radius 1 is 1.05 bits per heavy atom. The Bertz CT molecular complexity index is 393. The highest BCUT2D eigenvalue weighted by atomic mass is 19.1. The van der Waals surface area contributed by atoms with Gasteiger partial charge >= 0.3 is 0 Å². The van der Waals surface area contributed by atoms with Crippen LogP contribution >= 0.6 is 0 Å². The number of halogens is 3. The van der Waals surface area contributed by atoms with Crippen molar-refractivity contribution in [1.82, 2.24) is 5.32 Å². The molecule has 1 aliphatic heterocycles. The molecular formula is C14H19F3N2. The minimum absolute atomic E-state index is 0.399. The highest BCUT2D eigenvalue weighted by Crippen LogP contribution is 2.29. The molecule has 1 aliphatic rings. The molecule has 5 heteroatoms. The fourth-order valence-electron chi connectivity index (χ4n) is 2.29. The summed E-state index contributed by atoms with van der Waals surface area (Å²) in [7, 11) is 0. The lowest BCUT2D eigenvalue weighted by Crippen LogP contribution is -2.43. The van der Waals surface area contributed by atoms with Gasteiger partial charge in [0, 0.05) is 31.9 Å². The summed E-state index contributed by atoms with van der Waals surface area (Å²) < 4.78 is 39.2. The van der Waals surface area contributed by atoms with Gasteiger partial charge in [0.1, 0.15) is 20.0 Å². The Kier molecular flexibility index (Phi) is 4.69. The van der Waals surface area contributed by atoms with E-state index in [0.717, 1.165) is 31.9 Å². The van der Waals surface area contributed by atoms with E-state index in [-0.39, 0.29) is 0 Å². The van der Waals surface area contributed by atoms with E-state index in [0.29, 0.717) is 5.56 Å². The lowest BCUT2D eigenvalue weighted by molar-refractivity contribution is 0.191. The second kappa shape index (κ2) is 6.28. The molecule has 19 heavy (non-hydrogen) atoms. The molecule has 0 atom stereocenters. The number of alkyl halides is 3. The fraction of sp³-hybridized carbons (Fsp3) is 0.571. The van der Waals surface area contributed by atoms with Crippen LogP contribution in [0.1, 0.15) is 5.56 Å². The number of anilines is 1. The predicted octanol–water partition coefficient (Wildman–Crippen LogP) is 2.24. The first kappa shape index (κ1) is 14.2. The quantitative estimate of drug-likeness (QED) is 0.884. The molecule has 0 aliphatic carbocycles. The number of piperazine rings is 1. The lowest BCUT2D eigenvalue weighted by Gasteiger charge is -2.31. The van der Waals surface area contributed by atoms with E-state index in [4.69, 9.17) is 0 Å². The van der Waals surface area contributed by atoms with Gasteiger partial charge in [-0.25, -0.2) is 13.2 Å². The standard InChI is InChI=1S/C14H19F3N2/c15-9-14(10-16,11-17)12-2-1-3-13(8-12)19-6-4-18-5-7-19/h1-3,8,18H,4-7,9-11H2. The van der Waals surface area contributed by atoms with E-state index >= 15 is 0 Å². The first-order valence-corrected chi connectivity index (χ1v) is 6.50. The zero-order valence-electron chi connectivity index (χ0n) is 10.8. The van der Waals surface area contributed by atoms with Crippen molar-refractivity contribution in [2.24, 2.45) is 0 Å². The van der Waals surface area contributed by atoms with Crippen molar-refractivity contribution in [1.29, 1.82) is 0 Å². The van der Waals surface area contributed by atoms with Crippen molar-refractivity contribution in [2.45, 2.75) is 5.41 Å². The molecule has 1 aromatic carbocycles. The molecule has 0 radical (unpaired) electrons. The minimum Gasteiger partial charge on any atom is -0.369 e. The number of hydrogen-bond donors (Lipinski definition) is 1. The lowest BCUT2D eigenvalue weighted by atomic mass is 9.84. The van der Waals surface area contributed by atoms with Crippen molar-refractivity contribution >= 4 is 5.69 Å². The zero-order chi connectivity index (χ0) is 13.7. The molecule has 0 aromatic heterocycles. The summed E-state index contributed by atoms with van der Waals surface area (Å²) >= 11 is 0. The fourth-order valence-corrected chi connectivity index (χ4v) is 2.29. The van der Waals surface area contributed by atoms with Gasteiger partial charge in [-0.05, 0) is 17.7 Å². The van der Waals surface area contributed by atoms with Gasteiger partial charge in [-0.1, -0.05) is 12.1 Å². The Morgan fingerprint density at radius 2 is 1.68 bits per heavy atom. The van der Waals surface area contributed by atoms with Crippen LogP contribution in [-0.4, -0.2) is 46.2 Å². The molecular weight excluding hydrogens is 253 g/mol. The Balaban J connectivity index is 2.27. The van der Waals surface area contributed by atoms with E-state index in [9.17, 15) is 13.2 Å². The van der Waals surface area contributed by atoms with Crippen LogP contribution in [0.3, 0.4) is 0 Å². The molecule has 106 valence electrons. The largest absolute Gasteiger partial charge is 0.369 e. The summed E-state index contributed by atoms with van der Waals surface area (Å²) in [6, 6.07) is 6.95. The Hall–Kier alpha value is -1.23. The normalized spacial score (nSPS) is 16.7. The molecule has 0 spiro atoms. The van der Waals surface area contributed by atoms with Gasteiger partial charge in [-0.2, -0.15) is 0 Å². The van der Waals surface area contributed by atoms with E-state index < -0.39 is 25.4 Å². The Morgan fingerprint density at radius 3 is 2.26 bits per heavy atom. The van der Waals surface area contributed by atoms with Crippen LogP contribution in [0.15, 0.2) is 24.3 Å². The smallest absolute Gasteiger partial charge is 0.104 e. The van der Waals surface area contributed by atoms with E-state index in [2.05, 4.69) is 10.2 Å². The molecule has 0 bridgehead atoms. The maximum Gasteiger partial charge on any atom is 0.104 e. The third-order valence-corrected chi connectivity index (χ3v) is 3.71. The SMILES string of the molecule is FCC(CF)(CF)c1cccc(N2CCNCC2)c1. The Labute approximate surface area is 111 Å². The predicted molar refractivity (Wildman–Crippen MR) is 71.1 cm³/mol. The average molecular weight is 272 g/mol. The molecule has 1 heterocycles. The maximum absolute atomic E-state index is 13.1. The summed E-state index contributed by atoms with van der Waals surface area (Å²) in [5.74, 6) is 0. The van der Waals surface area contributed by atoms with Crippen LogP contribution in [0.4, 0.5) is 18.9 Å². The molecule has 1 N–H and O–H groups in total. The monoisotopic (exact) mass is 272 g/mol. The summed E-state index contributed by atoms with van der Waals surface area (Å²) in [6.07, 6.45) is 0. The van der Waals surface area contributed by atoms with Crippen LogP contribution < -0.4 is 10.2 Å². The molecule has 2 nitrogen and oxygen atoms in total. The van der Waals surface area contributed by atoms with Crippen molar-refractivity contribution in [2.75, 3.05) is 51.1 Å². The van der Waals surface area contributed by atoms with Crippen LogP contribution in [0.5, 0.6) is 0 Å². The highest BCUT2D eigenvalue weighted by molar-refractivity contribution is 5.51. The number of nitrogens with one attached hydrogen (secondary N) is 1. The van der Waals surface area contributed by atoms with Gasteiger partial charge < -0.3 is 10.2 Å². The van der Waals surface area contributed by atoms with E-state index in [1.54, 1.807) is 18.2 Å². The summed E-state index contributed by atoms with van der Waals surface area (Å²) in [6.45, 7) is 0.380. The topological polar surface area (TPSA) is 15.3 Å². The minimum atomic E-state index is -1.63. The van der Waals surface area contributed by atoms with Crippen LogP contribution in [0.2, 0.25) is 0 Å². The van der Waals surface area contributed by atoms with Crippen LogP contribution in [0, 0.1) is 0 Å². The third-order valence-electron chi connectivity index (χ3n) is 3.71. The van der Waals surface area contributed by atoms with Gasteiger partial charge in [-0.15, -0.1) is 0 Å². The second-order valence-corrected chi connectivity index (χ2v) is 4.97. The average Bonchev–Trinajstić information content (AvgIpc) is 2.51. The summed E-state index contributed by atoms with van der Waals surface area (Å²) in [5, 5.41) is 3.24. The molecule has 0 unspecified atom stereocenters. The summed E-state index contributed by atoms with van der Waals surface area (Å²) in [4.78, 5) is 2.14. The van der Waals surface area contributed by atoms with Crippen molar-refractivity contribution in [3.63, 3.8) is 0 Å². The van der Waals surface area contributed by atoms with Crippen LogP contribution in [0.25, 0.3) is 0 Å². The molecule has 0 saturated carbocycles. The molecule has 0 amide bonds. The maximum atomic E-state index is 13.1. The van der Waals surface area contributed by atoms with E-state index in [1.807, 2.05) is 6.07 Å². The second-order valence-electron chi connectivity index (χ2n) is 4.97. The van der Waals surface area contributed by atoms with Gasteiger partial charge in [0.15, 0.2) is 0 Å². The van der Waals surface area contributed by atoms with Gasteiger partial charge in [0.2, 0.25) is 0 Å². The zero-order valence-corrected chi connectivity index (χ0v) is 10.8. The number of rotatable bonds is 5. The van der Waals surface area contributed by atoms with Crippen molar-refractivity contribution in [3.8, 4) is 0 Å². The van der Waals surface area contributed by atoms with Crippen LogP contribution in [-0.2, 0) is 5.41 Å². The van der Waals surface area contributed by atoms with Gasteiger partial charge in [0.05, 0.1) is 5.41 Å². The van der Waals surface area contributed by atoms with Gasteiger partial charge in [0.25, 0.3) is 0 Å². The first-order valence-electron chi connectivity index (χ1n) is 6.50. The van der Waals surface area contributed by atoms with Gasteiger partial charge in [-0.3, -0.25) is 0 Å². The molecule has 1 saturated heterocycles. The number of hydrogen-bond acceptors (Lipinski definition) is 2. The van der Waals surface area contributed by atoms with E-state index in [1.165, 1.54) is 0 Å². The molecule has 1 fully saturated rings. The highest BCUT2D eigenvalue weighted by Gasteiger charge is 2.33. The molecule has 2 rings (SSSR count).